The van der Waals surface area contributed by atoms with Crippen LogP contribution in [0.4, 0.5) is 5.69 Å². The molecule has 32 heavy (non-hydrogen) atoms. The van der Waals surface area contributed by atoms with Crippen molar-refractivity contribution in [1.29, 1.82) is 0 Å². The number of thiazole rings is 1. The maximum absolute atomic E-state index is 5.88. The van der Waals surface area contributed by atoms with Crippen LogP contribution in [0, 0.1) is 0 Å². The van der Waals surface area contributed by atoms with E-state index in [-0.39, 0.29) is 0 Å². The predicted octanol–water partition coefficient (Wildman–Crippen LogP) is 6.12. The number of para-hydroxylation sites is 1. The summed E-state index contributed by atoms with van der Waals surface area (Å²) in [5, 5.41) is 2.10. The van der Waals surface area contributed by atoms with E-state index in [1.807, 2.05) is 79.3 Å². The lowest BCUT2D eigenvalue weighted by Crippen LogP contribution is -2.17. The molecule has 7 heteroatoms. The van der Waals surface area contributed by atoms with Crippen molar-refractivity contribution < 1.29 is 9.15 Å². The van der Waals surface area contributed by atoms with Crippen molar-refractivity contribution in [2.75, 3.05) is 0 Å². The summed E-state index contributed by atoms with van der Waals surface area (Å²) in [6.07, 6.45) is 8.28. The number of aromatic nitrogens is 3. The number of ether oxygens (including phenoxy) is 1. The zero-order valence-electron chi connectivity index (χ0n) is 17.4. The van der Waals surface area contributed by atoms with Gasteiger partial charge in [0, 0.05) is 30.9 Å². The predicted molar refractivity (Wildman–Crippen MR) is 125 cm³/mol. The SMILES string of the molecule is c1ccc(Oc2ccc(N=c3scc(-c4ccco4)n3CCCn3ccnc3)cc2)cc1. The first-order chi connectivity index (χ1) is 15.8. The molecule has 3 aromatic heterocycles. The molecule has 0 spiro atoms. The van der Waals surface area contributed by atoms with E-state index in [2.05, 4.69) is 19.5 Å². The van der Waals surface area contributed by atoms with Gasteiger partial charge < -0.3 is 18.3 Å². The molecular weight excluding hydrogens is 420 g/mol. The highest BCUT2D eigenvalue weighted by Crippen LogP contribution is 2.25. The number of hydrogen-bond acceptors (Lipinski definition) is 5. The topological polar surface area (TPSA) is 57.5 Å². The Bertz CT molecular complexity index is 1300. The monoisotopic (exact) mass is 442 g/mol. The van der Waals surface area contributed by atoms with Crippen LogP contribution >= 0.6 is 11.3 Å². The quantitative estimate of drug-likeness (QED) is 0.291. The molecule has 0 radical (unpaired) electrons. The highest BCUT2D eigenvalue weighted by molar-refractivity contribution is 7.07. The summed E-state index contributed by atoms with van der Waals surface area (Å²) in [5.41, 5.74) is 1.91. The Morgan fingerprint density at radius 1 is 0.938 bits per heavy atom. The van der Waals surface area contributed by atoms with Crippen molar-refractivity contribution in [2.24, 2.45) is 4.99 Å². The van der Waals surface area contributed by atoms with E-state index < -0.39 is 0 Å². The largest absolute Gasteiger partial charge is 0.463 e. The summed E-state index contributed by atoms with van der Waals surface area (Å²) in [4.78, 5) is 9.95. The first-order valence-electron chi connectivity index (χ1n) is 10.4. The van der Waals surface area contributed by atoms with E-state index in [9.17, 15) is 0 Å². The van der Waals surface area contributed by atoms with Crippen LogP contribution in [-0.4, -0.2) is 14.1 Å². The van der Waals surface area contributed by atoms with Gasteiger partial charge in [-0.15, -0.1) is 11.3 Å². The van der Waals surface area contributed by atoms with E-state index in [4.69, 9.17) is 14.1 Å². The third kappa shape index (κ3) is 4.73. The molecule has 2 aromatic carbocycles. The number of imidazole rings is 1. The van der Waals surface area contributed by atoms with Gasteiger partial charge >= 0.3 is 0 Å². The Balaban J connectivity index is 1.39. The lowest BCUT2D eigenvalue weighted by Gasteiger charge is -2.08. The number of nitrogens with zero attached hydrogens (tertiary/aromatic N) is 4. The molecule has 0 aliphatic rings. The average molecular weight is 443 g/mol. The zero-order valence-corrected chi connectivity index (χ0v) is 18.2. The van der Waals surface area contributed by atoms with Crippen LogP contribution in [0.25, 0.3) is 11.5 Å². The Kier molecular flexibility index (Phi) is 5.98. The molecule has 0 aliphatic carbocycles. The van der Waals surface area contributed by atoms with Crippen LogP contribution in [0.3, 0.4) is 0 Å². The zero-order chi connectivity index (χ0) is 21.6. The minimum atomic E-state index is 0.783. The van der Waals surface area contributed by atoms with Gasteiger partial charge in [-0.05, 0) is 55.0 Å². The van der Waals surface area contributed by atoms with Gasteiger partial charge in [0.1, 0.15) is 11.5 Å². The molecule has 0 amide bonds. The van der Waals surface area contributed by atoms with Crippen LogP contribution in [0.15, 0.2) is 107 Å². The summed E-state index contributed by atoms with van der Waals surface area (Å²) >= 11 is 1.61. The fourth-order valence-electron chi connectivity index (χ4n) is 3.41. The molecule has 160 valence electrons. The fraction of sp³-hybridized carbons (Fsp3) is 0.120. The van der Waals surface area contributed by atoms with Crippen LogP contribution in [-0.2, 0) is 13.1 Å². The van der Waals surface area contributed by atoms with Crippen LogP contribution in [0.2, 0.25) is 0 Å². The molecule has 0 aliphatic heterocycles. The summed E-state index contributed by atoms with van der Waals surface area (Å²) in [6.45, 7) is 1.72. The first kappa shape index (κ1) is 20.1. The summed E-state index contributed by atoms with van der Waals surface area (Å²) < 4.78 is 15.8. The van der Waals surface area contributed by atoms with Gasteiger partial charge in [0.05, 0.1) is 24.0 Å². The van der Waals surface area contributed by atoms with Crippen molar-refractivity contribution in [3.8, 4) is 23.0 Å². The molecule has 0 atom stereocenters. The highest BCUT2D eigenvalue weighted by atomic mass is 32.1. The molecule has 0 saturated carbocycles. The second kappa shape index (κ2) is 9.53. The van der Waals surface area contributed by atoms with Crippen LogP contribution < -0.4 is 9.54 Å². The van der Waals surface area contributed by atoms with Gasteiger partial charge in [-0.2, -0.15) is 0 Å². The van der Waals surface area contributed by atoms with Gasteiger partial charge in [0.15, 0.2) is 10.6 Å². The Labute approximate surface area is 189 Å². The fourth-order valence-corrected chi connectivity index (χ4v) is 4.35. The maximum Gasteiger partial charge on any atom is 0.190 e. The number of rotatable bonds is 8. The highest BCUT2D eigenvalue weighted by Gasteiger charge is 2.10. The standard InChI is InChI=1S/C25H22N4O2S/c1-2-6-21(7-3-1)31-22-11-9-20(10-12-22)27-25-29(15-5-14-28-16-13-26-19-28)23(18-32-25)24-8-4-17-30-24/h1-4,6-13,16-19H,5,14-15H2. The lowest BCUT2D eigenvalue weighted by atomic mass is 10.3. The van der Waals surface area contributed by atoms with Crippen LogP contribution in [0.1, 0.15) is 6.42 Å². The van der Waals surface area contributed by atoms with Crippen molar-refractivity contribution in [3.05, 3.63) is 102 Å². The van der Waals surface area contributed by atoms with Crippen molar-refractivity contribution in [2.45, 2.75) is 19.5 Å². The molecule has 0 saturated heterocycles. The summed E-state index contributed by atoms with van der Waals surface area (Å²) in [5.74, 6) is 2.44. The van der Waals surface area contributed by atoms with Gasteiger partial charge in [0.25, 0.3) is 0 Å². The van der Waals surface area contributed by atoms with Crippen molar-refractivity contribution in [3.63, 3.8) is 0 Å². The molecule has 0 bridgehead atoms. The van der Waals surface area contributed by atoms with Gasteiger partial charge in [-0.25, -0.2) is 9.98 Å². The molecular formula is C25H22N4O2S. The average Bonchev–Trinajstić information content (AvgIpc) is 3.59. The molecule has 3 heterocycles. The smallest absolute Gasteiger partial charge is 0.190 e. The Morgan fingerprint density at radius 2 is 1.78 bits per heavy atom. The second-order valence-electron chi connectivity index (χ2n) is 7.21. The third-order valence-electron chi connectivity index (χ3n) is 4.97. The van der Waals surface area contributed by atoms with E-state index in [1.165, 1.54) is 0 Å². The van der Waals surface area contributed by atoms with E-state index in [1.54, 1.807) is 23.8 Å². The van der Waals surface area contributed by atoms with Crippen molar-refractivity contribution >= 4 is 17.0 Å². The molecule has 6 nitrogen and oxygen atoms in total. The second-order valence-corrected chi connectivity index (χ2v) is 8.04. The molecule has 0 fully saturated rings. The van der Waals surface area contributed by atoms with Gasteiger partial charge in [-0.3, -0.25) is 0 Å². The molecule has 5 rings (SSSR count). The van der Waals surface area contributed by atoms with E-state index in [0.29, 0.717) is 0 Å². The molecule has 0 N–H and O–H groups in total. The molecule has 5 aromatic rings. The minimum Gasteiger partial charge on any atom is -0.463 e. The molecule has 0 unspecified atom stereocenters. The van der Waals surface area contributed by atoms with Gasteiger partial charge in [-0.1, -0.05) is 18.2 Å². The van der Waals surface area contributed by atoms with Crippen molar-refractivity contribution in [1.82, 2.24) is 14.1 Å². The number of furan rings is 1. The normalized spacial score (nSPS) is 11.7. The summed E-state index contributed by atoms with van der Waals surface area (Å²) in [7, 11) is 0. The maximum atomic E-state index is 5.88. The third-order valence-corrected chi connectivity index (χ3v) is 5.83. The van der Waals surface area contributed by atoms with E-state index >= 15 is 0 Å². The lowest BCUT2D eigenvalue weighted by molar-refractivity contribution is 0.483. The Hall–Kier alpha value is -3.84. The van der Waals surface area contributed by atoms with E-state index in [0.717, 1.165) is 53.0 Å². The first-order valence-corrected chi connectivity index (χ1v) is 11.3. The number of benzene rings is 2. The summed E-state index contributed by atoms with van der Waals surface area (Å²) in [6, 6.07) is 21.5. The minimum absolute atomic E-state index is 0.783. The van der Waals surface area contributed by atoms with Crippen LogP contribution in [0.5, 0.6) is 11.5 Å². The number of hydrogen-bond donors (Lipinski definition) is 0. The number of aryl methyl sites for hydroxylation is 1. The Morgan fingerprint density at radius 3 is 2.53 bits per heavy atom. The van der Waals surface area contributed by atoms with Gasteiger partial charge in [0.2, 0.25) is 0 Å².